The summed E-state index contributed by atoms with van der Waals surface area (Å²) in [4.78, 5) is 16.1. The number of hydrogen-bond acceptors (Lipinski definition) is 3. The van der Waals surface area contributed by atoms with Crippen molar-refractivity contribution >= 4 is 17.5 Å². The van der Waals surface area contributed by atoms with Gasteiger partial charge in [0.05, 0.1) is 5.56 Å². The second-order valence-electron chi connectivity index (χ2n) is 4.29. The summed E-state index contributed by atoms with van der Waals surface area (Å²) in [6, 6.07) is 9.26. The molecule has 0 unspecified atom stereocenters. The Bertz CT molecular complexity index is 621. The van der Waals surface area contributed by atoms with Crippen molar-refractivity contribution in [3.63, 3.8) is 0 Å². The number of Topliss-reactive ketones (excluding diaryl/α,β-unsaturated/α-hetero) is 1. The van der Waals surface area contributed by atoms with Crippen LogP contribution >= 0.6 is 11.8 Å². The number of alkyl halides is 3. The highest BCUT2D eigenvalue weighted by molar-refractivity contribution is 7.99. The van der Waals surface area contributed by atoms with Crippen molar-refractivity contribution in [2.45, 2.75) is 29.4 Å². The van der Waals surface area contributed by atoms with Gasteiger partial charge >= 0.3 is 6.18 Å². The van der Waals surface area contributed by atoms with Crippen LogP contribution in [0.1, 0.15) is 29.3 Å². The molecule has 0 spiro atoms. The Morgan fingerprint density at radius 3 is 2.29 bits per heavy atom. The van der Waals surface area contributed by atoms with E-state index in [-0.39, 0.29) is 5.78 Å². The van der Waals surface area contributed by atoms with Gasteiger partial charge in [0.15, 0.2) is 5.78 Å². The normalized spacial score (nSPS) is 11.4. The van der Waals surface area contributed by atoms with Gasteiger partial charge in [-0.1, -0.05) is 30.8 Å². The van der Waals surface area contributed by atoms with Gasteiger partial charge in [-0.15, -0.1) is 0 Å². The fourth-order valence-electron chi connectivity index (χ4n) is 1.64. The van der Waals surface area contributed by atoms with E-state index in [4.69, 9.17) is 0 Å². The average Bonchev–Trinajstić information content (AvgIpc) is 2.47. The van der Waals surface area contributed by atoms with Crippen LogP contribution in [-0.2, 0) is 6.18 Å². The van der Waals surface area contributed by atoms with Crippen LogP contribution in [0, 0.1) is 0 Å². The summed E-state index contributed by atoms with van der Waals surface area (Å²) in [5, 5.41) is 0.470. The monoisotopic (exact) mass is 311 g/mol. The molecule has 2 nitrogen and oxygen atoms in total. The standard InChI is InChI=1S/C15H12F3NOS/c1-2-13(20)10-3-6-12(7-4-10)21-14-8-5-11(9-19-14)15(16,17)18/h3-9H,2H2,1H3. The summed E-state index contributed by atoms with van der Waals surface area (Å²) in [6.07, 6.45) is -3.12. The molecule has 1 heterocycles. The number of aromatic nitrogens is 1. The van der Waals surface area contributed by atoms with Crippen molar-refractivity contribution in [3.8, 4) is 0 Å². The molecule has 21 heavy (non-hydrogen) atoms. The number of ketones is 1. The fraction of sp³-hybridized carbons (Fsp3) is 0.200. The molecule has 0 atom stereocenters. The fourth-order valence-corrected chi connectivity index (χ4v) is 2.40. The van der Waals surface area contributed by atoms with Crippen molar-refractivity contribution in [2.75, 3.05) is 0 Å². The van der Waals surface area contributed by atoms with E-state index in [9.17, 15) is 18.0 Å². The van der Waals surface area contributed by atoms with Crippen molar-refractivity contribution in [2.24, 2.45) is 0 Å². The number of benzene rings is 1. The van der Waals surface area contributed by atoms with Crippen LogP contribution in [0.2, 0.25) is 0 Å². The number of halogens is 3. The van der Waals surface area contributed by atoms with Gasteiger partial charge in [-0.25, -0.2) is 4.98 Å². The van der Waals surface area contributed by atoms with Gasteiger partial charge in [0.1, 0.15) is 5.03 Å². The topological polar surface area (TPSA) is 30.0 Å². The minimum absolute atomic E-state index is 0.0548. The van der Waals surface area contributed by atoms with E-state index in [2.05, 4.69) is 4.98 Å². The molecule has 110 valence electrons. The molecular formula is C15H12F3NOS. The molecule has 0 N–H and O–H groups in total. The maximum atomic E-state index is 12.4. The van der Waals surface area contributed by atoms with Crippen LogP contribution in [0.5, 0.6) is 0 Å². The number of pyridine rings is 1. The van der Waals surface area contributed by atoms with E-state index in [0.29, 0.717) is 17.0 Å². The van der Waals surface area contributed by atoms with Crippen molar-refractivity contribution in [3.05, 3.63) is 53.7 Å². The summed E-state index contributed by atoms with van der Waals surface area (Å²) in [7, 11) is 0. The molecule has 0 bridgehead atoms. The lowest BCUT2D eigenvalue weighted by Gasteiger charge is -2.07. The highest BCUT2D eigenvalue weighted by atomic mass is 32.2. The molecule has 6 heteroatoms. The Balaban J connectivity index is 2.10. The van der Waals surface area contributed by atoms with Crippen molar-refractivity contribution in [1.29, 1.82) is 0 Å². The van der Waals surface area contributed by atoms with Crippen molar-refractivity contribution < 1.29 is 18.0 Å². The molecule has 2 aromatic rings. The van der Waals surface area contributed by atoms with E-state index in [1.807, 2.05) is 0 Å². The average molecular weight is 311 g/mol. The zero-order chi connectivity index (χ0) is 15.5. The number of carbonyl (C=O) groups is 1. The van der Waals surface area contributed by atoms with E-state index < -0.39 is 11.7 Å². The second-order valence-corrected chi connectivity index (χ2v) is 5.38. The van der Waals surface area contributed by atoms with Gasteiger partial charge < -0.3 is 0 Å². The van der Waals surface area contributed by atoms with Crippen LogP contribution in [0.4, 0.5) is 13.2 Å². The smallest absolute Gasteiger partial charge is 0.294 e. The summed E-state index contributed by atoms with van der Waals surface area (Å²) in [5.74, 6) is 0.0548. The molecule has 1 aromatic carbocycles. The SMILES string of the molecule is CCC(=O)c1ccc(Sc2ccc(C(F)(F)F)cn2)cc1. The number of hydrogen-bond donors (Lipinski definition) is 0. The Kier molecular flexibility index (Phi) is 4.67. The van der Waals surface area contributed by atoms with Gasteiger partial charge in [-0.3, -0.25) is 4.79 Å². The minimum atomic E-state index is -4.38. The predicted octanol–water partition coefficient (Wildman–Crippen LogP) is 4.84. The van der Waals surface area contributed by atoms with Crippen molar-refractivity contribution in [1.82, 2.24) is 4.98 Å². The lowest BCUT2D eigenvalue weighted by molar-refractivity contribution is -0.137. The summed E-state index contributed by atoms with van der Waals surface area (Å²) >= 11 is 1.25. The predicted molar refractivity (Wildman–Crippen MR) is 74.4 cm³/mol. The first-order chi connectivity index (χ1) is 9.90. The van der Waals surface area contributed by atoms with Gasteiger partial charge in [0.25, 0.3) is 0 Å². The Morgan fingerprint density at radius 1 is 1.14 bits per heavy atom. The Labute approximate surface area is 124 Å². The molecule has 2 rings (SSSR count). The zero-order valence-corrected chi connectivity index (χ0v) is 12.0. The van der Waals surface area contributed by atoms with Crippen LogP contribution in [0.25, 0.3) is 0 Å². The second kappa shape index (κ2) is 6.30. The third kappa shape index (κ3) is 4.07. The van der Waals surface area contributed by atoms with Crippen LogP contribution < -0.4 is 0 Å². The molecule has 0 aliphatic carbocycles. The van der Waals surface area contributed by atoms with E-state index in [0.717, 1.165) is 17.2 Å². The first-order valence-electron chi connectivity index (χ1n) is 6.24. The van der Waals surface area contributed by atoms with Gasteiger partial charge in [0.2, 0.25) is 0 Å². The number of rotatable bonds is 4. The third-order valence-corrected chi connectivity index (χ3v) is 3.74. The molecule has 0 saturated carbocycles. The van der Waals surface area contributed by atoms with Gasteiger partial charge in [0, 0.05) is 23.1 Å². The first kappa shape index (κ1) is 15.6. The zero-order valence-electron chi connectivity index (χ0n) is 11.1. The number of carbonyl (C=O) groups excluding carboxylic acids is 1. The highest BCUT2D eigenvalue weighted by Crippen LogP contribution is 2.31. The molecule has 0 saturated heterocycles. The van der Waals surface area contributed by atoms with Crippen LogP contribution in [0.15, 0.2) is 52.5 Å². The molecule has 0 amide bonds. The van der Waals surface area contributed by atoms with E-state index >= 15 is 0 Å². The highest BCUT2D eigenvalue weighted by Gasteiger charge is 2.30. The summed E-state index contributed by atoms with van der Waals surface area (Å²) in [5.41, 5.74) is -0.141. The minimum Gasteiger partial charge on any atom is -0.294 e. The maximum absolute atomic E-state index is 12.4. The molecule has 1 aromatic heterocycles. The summed E-state index contributed by atoms with van der Waals surface area (Å²) < 4.78 is 37.3. The maximum Gasteiger partial charge on any atom is 0.417 e. The third-order valence-electron chi connectivity index (χ3n) is 2.78. The van der Waals surface area contributed by atoms with Crippen LogP contribution in [-0.4, -0.2) is 10.8 Å². The number of nitrogens with zero attached hydrogens (tertiary/aromatic N) is 1. The summed E-state index contributed by atoms with van der Waals surface area (Å²) in [6.45, 7) is 1.79. The largest absolute Gasteiger partial charge is 0.417 e. The molecule has 0 fully saturated rings. The van der Waals surface area contributed by atoms with Crippen LogP contribution in [0.3, 0.4) is 0 Å². The lowest BCUT2D eigenvalue weighted by atomic mass is 10.1. The Hall–Kier alpha value is -1.82. The quantitative estimate of drug-likeness (QED) is 0.756. The van der Waals surface area contributed by atoms with Gasteiger partial charge in [-0.2, -0.15) is 13.2 Å². The molecule has 0 radical (unpaired) electrons. The van der Waals surface area contributed by atoms with Gasteiger partial charge in [-0.05, 0) is 24.3 Å². The Morgan fingerprint density at radius 2 is 1.81 bits per heavy atom. The van der Waals surface area contributed by atoms with E-state index in [1.54, 1.807) is 31.2 Å². The molecular weight excluding hydrogens is 299 g/mol. The lowest BCUT2D eigenvalue weighted by Crippen LogP contribution is -2.04. The molecule has 0 aliphatic heterocycles. The van der Waals surface area contributed by atoms with E-state index in [1.165, 1.54) is 17.8 Å². The molecule has 0 aliphatic rings. The first-order valence-corrected chi connectivity index (χ1v) is 7.06.